The third-order valence-corrected chi connectivity index (χ3v) is 1.73. The molecule has 0 amide bonds. The molecule has 0 aliphatic carbocycles. The summed E-state index contributed by atoms with van der Waals surface area (Å²) in [5.41, 5.74) is 0.327. The summed E-state index contributed by atoms with van der Waals surface area (Å²) in [5, 5.41) is 0. The smallest absolute Gasteiger partial charge is 0.312 e. The minimum absolute atomic E-state index is 0.327. The van der Waals surface area contributed by atoms with Crippen molar-refractivity contribution in [3.8, 4) is 5.75 Å². The summed E-state index contributed by atoms with van der Waals surface area (Å²) in [4.78, 5) is 0. The monoisotopic (exact) mass is 200 g/mol. The molecular weight excluding hydrogens is 190 g/mol. The van der Waals surface area contributed by atoms with Gasteiger partial charge < -0.3 is 9.47 Å². The summed E-state index contributed by atoms with van der Waals surface area (Å²) in [6.45, 7) is 0. The molecule has 0 spiro atoms. The molecule has 0 fully saturated rings. The number of methoxy groups -OCH3 is 2. The van der Waals surface area contributed by atoms with Crippen molar-refractivity contribution in [2.75, 3.05) is 14.2 Å². The molecular formula is C10H10F2O2. The Bertz CT molecular complexity index is 326. The quantitative estimate of drug-likeness (QED) is 0.698. The third-order valence-electron chi connectivity index (χ3n) is 1.73. The van der Waals surface area contributed by atoms with Crippen molar-refractivity contribution in [2.45, 2.75) is 0 Å². The molecule has 0 N–H and O–H groups in total. The maximum Gasteiger partial charge on any atom is 0.312 e. The van der Waals surface area contributed by atoms with E-state index in [0.717, 1.165) is 0 Å². The Morgan fingerprint density at radius 1 is 1.07 bits per heavy atom. The zero-order valence-corrected chi connectivity index (χ0v) is 7.88. The van der Waals surface area contributed by atoms with Gasteiger partial charge >= 0.3 is 6.08 Å². The van der Waals surface area contributed by atoms with E-state index in [-0.39, 0.29) is 0 Å². The molecule has 2 nitrogen and oxygen atoms in total. The standard InChI is InChI=1S/C10H10F2O2/c1-13-8-5-3-7(4-6-8)9(14-2)10(11)12/h3-6H,1-2H3. The predicted octanol–water partition coefficient (Wildman–Crippen LogP) is 2.91. The molecule has 4 heteroatoms. The van der Waals surface area contributed by atoms with Crippen LogP contribution in [-0.2, 0) is 4.74 Å². The molecule has 0 unspecified atom stereocenters. The van der Waals surface area contributed by atoms with Crippen molar-refractivity contribution < 1.29 is 18.3 Å². The number of benzene rings is 1. The maximum atomic E-state index is 12.3. The zero-order chi connectivity index (χ0) is 10.6. The zero-order valence-electron chi connectivity index (χ0n) is 7.88. The van der Waals surface area contributed by atoms with Crippen molar-refractivity contribution in [3.05, 3.63) is 35.9 Å². The van der Waals surface area contributed by atoms with Crippen molar-refractivity contribution in [1.82, 2.24) is 0 Å². The topological polar surface area (TPSA) is 18.5 Å². The van der Waals surface area contributed by atoms with Gasteiger partial charge in [0.05, 0.1) is 14.2 Å². The Morgan fingerprint density at radius 3 is 2.00 bits per heavy atom. The molecule has 1 aromatic rings. The highest BCUT2D eigenvalue weighted by Gasteiger charge is 2.08. The van der Waals surface area contributed by atoms with Gasteiger partial charge in [0.2, 0.25) is 0 Å². The van der Waals surface area contributed by atoms with E-state index in [2.05, 4.69) is 4.74 Å². The molecule has 0 bridgehead atoms. The van der Waals surface area contributed by atoms with E-state index < -0.39 is 11.8 Å². The second-order valence-electron chi connectivity index (χ2n) is 2.52. The first kappa shape index (κ1) is 10.5. The van der Waals surface area contributed by atoms with Crippen LogP contribution in [0.3, 0.4) is 0 Å². The van der Waals surface area contributed by atoms with Crippen LogP contribution < -0.4 is 4.74 Å². The molecule has 0 aliphatic heterocycles. The van der Waals surface area contributed by atoms with Crippen LogP contribution in [0, 0.1) is 0 Å². The van der Waals surface area contributed by atoms with Crippen LogP contribution in [0.5, 0.6) is 5.75 Å². The molecule has 0 saturated carbocycles. The van der Waals surface area contributed by atoms with Gasteiger partial charge in [-0.05, 0) is 24.3 Å². The third kappa shape index (κ3) is 2.22. The van der Waals surface area contributed by atoms with Crippen LogP contribution in [-0.4, -0.2) is 14.2 Å². The number of hydrogen-bond acceptors (Lipinski definition) is 2. The van der Waals surface area contributed by atoms with Gasteiger partial charge in [0.1, 0.15) is 5.75 Å². The Labute approximate surface area is 80.8 Å². The second-order valence-corrected chi connectivity index (χ2v) is 2.52. The maximum absolute atomic E-state index is 12.3. The van der Waals surface area contributed by atoms with Crippen LogP contribution >= 0.6 is 0 Å². The fourth-order valence-electron chi connectivity index (χ4n) is 1.05. The van der Waals surface area contributed by atoms with Gasteiger partial charge in [-0.15, -0.1) is 0 Å². The molecule has 0 saturated heterocycles. The number of ether oxygens (including phenoxy) is 2. The van der Waals surface area contributed by atoms with Gasteiger partial charge in [-0.3, -0.25) is 0 Å². The minimum Gasteiger partial charge on any atom is -0.497 e. The molecule has 1 rings (SSSR count). The predicted molar refractivity (Wildman–Crippen MR) is 49.1 cm³/mol. The van der Waals surface area contributed by atoms with Crippen LogP contribution in [0.1, 0.15) is 5.56 Å². The second kappa shape index (κ2) is 4.60. The van der Waals surface area contributed by atoms with Crippen molar-refractivity contribution >= 4 is 5.76 Å². The van der Waals surface area contributed by atoms with Gasteiger partial charge in [0.25, 0.3) is 0 Å². The average Bonchev–Trinajstić information content (AvgIpc) is 2.19. The lowest BCUT2D eigenvalue weighted by molar-refractivity contribution is 0.322. The molecule has 1 aromatic carbocycles. The van der Waals surface area contributed by atoms with Crippen LogP contribution in [0.4, 0.5) is 8.78 Å². The Morgan fingerprint density at radius 2 is 1.64 bits per heavy atom. The summed E-state index contributed by atoms with van der Waals surface area (Å²) in [5.74, 6) is 0.205. The molecule has 76 valence electrons. The first-order chi connectivity index (χ1) is 6.69. The fourth-order valence-corrected chi connectivity index (χ4v) is 1.05. The summed E-state index contributed by atoms with van der Waals surface area (Å²) < 4.78 is 34.0. The van der Waals surface area contributed by atoms with Gasteiger partial charge in [0.15, 0.2) is 5.76 Å². The van der Waals surface area contributed by atoms with Crippen molar-refractivity contribution in [2.24, 2.45) is 0 Å². The summed E-state index contributed by atoms with van der Waals surface area (Å²) in [6, 6.07) is 6.21. The Kier molecular flexibility index (Phi) is 3.45. The SMILES string of the molecule is COC(=C(F)F)c1ccc(OC)cc1. The van der Waals surface area contributed by atoms with Crippen LogP contribution in [0.15, 0.2) is 30.3 Å². The first-order valence-corrected chi connectivity index (χ1v) is 3.92. The summed E-state index contributed by atoms with van der Waals surface area (Å²) >= 11 is 0. The summed E-state index contributed by atoms with van der Waals surface area (Å²) in [7, 11) is 2.72. The minimum atomic E-state index is -1.84. The highest BCUT2D eigenvalue weighted by molar-refractivity contribution is 5.60. The number of halogens is 2. The Hall–Kier alpha value is -1.58. The van der Waals surface area contributed by atoms with E-state index in [0.29, 0.717) is 11.3 Å². The van der Waals surface area contributed by atoms with Crippen molar-refractivity contribution in [1.29, 1.82) is 0 Å². The van der Waals surface area contributed by atoms with E-state index >= 15 is 0 Å². The largest absolute Gasteiger partial charge is 0.497 e. The van der Waals surface area contributed by atoms with E-state index in [4.69, 9.17) is 4.74 Å². The van der Waals surface area contributed by atoms with Gasteiger partial charge in [-0.2, -0.15) is 8.78 Å². The lowest BCUT2D eigenvalue weighted by Gasteiger charge is -2.05. The van der Waals surface area contributed by atoms with E-state index in [1.165, 1.54) is 26.4 Å². The van der Waals surface area contributed by atoms with E-state index in [9.17, 15) is 8.78 Å². The average molecular weight is 200 g/mol. The van der Waals surface area contributed by atoms with Crippen LogP contribution in [0.2, 0.25) is 0 Å². The summed E-state index contributed by atoms with van der Waals surface area (Å²) in [6.07, 6.45) is -1.84. The first-order valence-electron chi connectivity index (χ1n) is 3.92. The van der Waals surface area contributed by atoms with Gasteiger partial charge in [-0.25, -0.2) is 0 Å². The highest BCUT2D eigenvalue weighted by Crippen LogP contribution is 2.23. The lowest BCUT2D eigenvalue weighted by atomic mass is 10.2. The van der Waals surface area contributed by atoms with E-state index in [1.807, 2.05) is 0 Å². The molecule has 0 aliphatic rings. The molecule has 0 aromatic heterocycles. The normalized spacial score (nSPS) is 9.43. The van der Waals surface area contributed by atoms with Gasteiger partial charge in [-0.1, -0.05) is 0 Å². The van der Waals surface area contributed by atoms with E-state index in [1.54, 1.807) is 12.1 Å². The highest BCUT2D eigenvalue weighted by atomic mass is 19.3. The fraction of sp³-hybridized carbons (Fsp3) is 0.200. The number of hydrogen-bond donors (Lipinski definition) is 0. The van der Waals surface area contributed by atoms with Crippen molar-refractivity contribution in [3.63, 3.8) is 0 Å². The lowest BCUT2D eigenvalue weighted by Crippen LogP contribution is -1.89. The molecule has 14 heavy (non-hydrogen) atoms. The van der Waals surface area contributed by atoms with Crippen LogP contribution in [0.25, 0.3) is 5.76 Å². The molecule has 0 radical (unpaired) electrons. The Balaban J connectivity index is 3.02. The molecule has 0 atom stereocenters. The molecule has 0 heterocycles. The number of rotatable bonds is 3. The van der Waals surface area contributed by atoms with Gasteiger partial charge in [0, 0.05) is 5.56 Å².